The summed E-state index contributed by atoms with van der Waals surface area (Å²) in [6.07, 6.45) is 1.89. The normalized spacial score (nSPS) is 11.6. The SMILES string of the molecule is C=C(C)Cn1c(=O)c2c(nc3n(-c4cc(C)cc(C)c4)c(C)cn23)n(C)c1=O. The van der Waals surface area contributed by atoms with Crippen LogP contribution in [0.25, 0.3) is 22.6 Å². The van der Waals surface area contributed by atoms with E-state index in [1.165, 1.54) is 9.13 Å². The van der Waals surface area contributed by atoms with E-state index in [1.807, 2.05) is 17.7 Å². The van der Waals surface area contributed by atoms with Gasteiger partial charge < -0.3 is 0 Å². The number of rotatable bonds is 3. The van der Waals surface area contributed by atoms with Gasteiger partial charge in [-0.2, -0.15) is 4.98 Å². The van der Waals surface area contributed by atoms with Crippen LogP contribution >= 0.6 is 0 Å². The second kappa shape index (κ2) is 6.09. The Morgan fingerprint density at radius 3 is 2.36 bits per heavy atom. The molecule has 1 aromatic carbocycles. The number of aromatic nitrogens is 5. The molecule has 144 valence electrons. The Hall–Kier alpha value is -3.35. The molecule has 3 heterocycles. The van der Waals surface area contributed by atoms with E-state index in [2.05, 4.69) is 43.6 Å². The van der Waals surface area contributed by atoms with Crippen LogP contribution in [0.3, 0.4) is 0 Å². The fourth-order valence-electron chi connectivity index (χ4n) is 3.82. The fourth-order valence-corrected chi connectivity index (χ4v) is 3.82. The van der Waals surface area contributed by atoms with Crippen molar-refractivity contribution in [2.24, 2.45) is 7.05 Å². The Balaban J connectivity index is 2.14. The molecule has 0 atom stereocenters. The highest BCUT2D eigenvalue weighted by Gasteiger charge is 2.20. The lowest BCUT2D eigenvalue weighted by Gasteiger charge is -2.08. The molecule has 0 aliphatic rings. The molecule has 4 aromatic rings. The summed E-state index contributed by atoms with van der Waals surface area (Å²) in [5.74, 6) is 0.609. The molecule has 0 amide bonds. The number of aryl methyl sites for hydroxylation is 4. The molecule has 0 bridgehead atoms. The molecule has 0 saturated carbocycles. The highest BCUT2D eigenvalue weighted by Crippen LogP contribution is 2.22. The monoisotopic (exact) mass is 377 g/mol. The topological polar surface area (TPSA) is 66.2 Å². The van der Waals surface area contributed by atoms with E-state index in [1.54, 1.807) is 18.4 Å². The van der Waals surface area contributed by atoms with E-state index >= 15 is 0 Å². The molecule has 0 aliphatic carbocycles. The molecular weight excluding hydrogens is 354 g/mol. The standard InChI is InChI=1S/C21H23N5O2/c1-12(2)10-25-19(27)17-18(23(6)21(25)28)22-20-24(17)11-15(5)26(20)16-8-13(3)7-14(4)9-16/h7-9,11H,1,10H2,2-6H3. The van der Waals surface area contributed by atoms with Crippen molar-refractivity contribution < 1.29 is 0 Å². The van der Waals surface area contributed by atoms with Crippen LogP contribution in [0.2, 0.25) is 0 Å². The third-order valence-corrected chi connectivity index (χ3v) is 4.92. The summed E-state index contributed by atoms with van der Waals surface area (Å²) in [6.45, 7) is 11.9. The van der Waals surface area contributed by atoms with Gasteiger partial charge in [0.25, 0.3) is 5.56 Å². The van der Waals surface area contributed by atoms with E-state index in [4.69, 9.17) is 0 Å². The van der Waals surface area contributed by atoms with Crippen LogP contribution in [0.15, 0.2) is 46.1 Å². The minimum absolute atomic E-state index is 0.186. The van der Waals surface area contributed by atoms with Gasteiger partial charge in [-0.1, -0.05) is 18.2 Å². The second-order valence-corrected chi connectivity index (χ2v) is 7.60. The molecule has 0 fully saturated rings. The molecule has 0 aliphatic heterocycles. The Bertz CT molecular complexity index is 1370. The Morgan fingerprint density at radius 1 is 1.11 bits per heavy atom. The Morgan fingerprint density at radius 2 is 1.75 bits per heavy atom. The maximum atomic E-state index is 13.1. The van der Waals surface area contributed by atoms with Gasteiger partial charge >= 0.3 is 5.69 Å². The zero-order valence-corrected chi connectivity index (χ0v) is 16.8. The molecule has 0 radical (unpaired) electrons. The smallest absolute Gasteiger partial charge is 0.283 e. The van der Waals surface area contributed by atoms with Crippen molar-refractivity contribution in [1.29, 1.82) is 0 Å². The number of hydrogen-bond acceptors (Lipinski definition) is 3. The quantitative estimate of drug-likeness (QED) is 0.516. The lowest BCUT2D eigenvalue weighted by atomic mass is 10.1. The highest BCUT2D eigenvalue weighted by atomic mass is 16.2. The molecule has 0 unspecified atom stereocenters. The summed E-state index contributed by atoms with van der Waals surface area (Å²) in [6, 6.07) is 6.27. The predicted molar refractivity (Wildman–Crippen MR) is 111 cm³/mol. The largest absolute Gasteiger partial charge is 0.332 e. The zero-order chi connectivity index (χ0) is 20.3. The van der Waals surface area contributed by atoms with Crippen LogP contribution in [0.4, 0.5) is 0 Å². The maximum Gasteiger partial charge on any atom is 0.332 e. The number of nitrogens with zero attached hydrogens (tertiary/aromatic N) is 5. The summed E-state index contributed by atoms with van der Waals surface area (Å²) in [5.41, 5.74) is 4.99. The van der Waals surface area contributed by atoms with Gasteiger partial charge in [-0.3, -0.25) is 22.9 Å². The van der Waals surface area contributed by atoms with Gasteiger partial charge in [-0.15, -0.1) is 0 Å². The Labute approximate surface area is 161 Å². The molecule has 3 aromatic heterocycles. The number of allylic oxidation sites excluding steroid dienone is 1. The van der Waals surface area contributed by atoms with Crippen LogP contribution in [0.5, 0.6) is 0 Å². The van der Waals surface area contributed by atoms with Gasteiger partial charge in [0.15, 0.2) is 11.2 Å². The molecule has 7 heteroatoms. The zero-order valence-electron chi connectivity index (χ0n) is 16.8. The van der Waals surface area contributed by atoms with Gasteiger partial charge in [0.2, 0.25) is 5.78 Å². The van der Waals surface area contributed by atoms with Crippen molar-refractivity contribution in [3.63, 3.8) is 0 Å². The predicted octanol–water partition coefficient (Wildman–Crippen LogP) is 2.64. The van der Waals surface area contributed by atoms with Gasteiger partial charge in [0.1, 0.15) is 0 Å². The van der Waals surface area contributed by atoms with E-state index < -0.39 is 5.69 Å². The van der Waals surface area contributed by atoms with Crippen molar-refractivity contribution in [3.05, 3.63) is 74.2 Å². The molecular formula is C21H23N5O2. The average Bonchev–Trinajstić information content (AvgIpc) is 3.10. The average molecular weight is 377 g/mol. The number of hydrogen-bond donors (Lipinski definition) is 0. The van der Waals surface area contributed by atoms with Crippen molar-refractivity contribution in [1.82, 2.24) is 23.1 Å². The maximum absolute atomic E-state index is 13.1. The van der Waals surface area contributed by atoms with Crippen LogP contribution in [0, 0.1) is 20.8 Å². The number of fused-ring (bicyclic) bond motifs is 3. The molecule has 0 saturated heterocycles. The van der Waals surface area contributed by atoms with E-state index in [0.29, 0.717) is 16.9 Å². The van der Waals surface area contributed by atoms with E-state index in [-0.39, 0.29) is 12.1 Å². The van der Waals surface area contributed by atoms with Gasteiger partial charge in [-0.25, -0.2) is 4.79 Å². The lowest BCUT2D eigenvalue weighted by molar-refractivity contribution is 0.651. The fraction of sp³-hybridized carbons (Fsp3) is 0.286. The van der Waals surface area contributed by atoms with Gasteiger partial charge in [0, 0.05) is 24.6 Å². The third kappa shape index (κ3) is 2.54. The van der Waals surface area contributed by atoms with Crippen LogP contribution in [0.1, 0.15) is 23.7 Å². The van der Waals surface area contributed by atoms with Gasteiger partial charge in [0.05, 0.1) is 6.54 Å². The second-order valence-electron chi connectivity index (χ2n) is 7.60. The minimum Gasteiger partial charge on any atom is -0.283 e. The van der Waals surface area contributed by atoms with Crippen LogP contribution in [-0.4, -0.2) is 23.1 Å². The van der Waals surface area contributed by atoms with Crippen molar-refractivity contribution in [2.45, 2.75) is 34.2 Å². The molecule has 7 nitrogen and oxygen atoms in total. The summed E-state index contributed by atoms with van der Waals surface area (Å²) >= 11 is 0. The molecule has 28 heavy (non-hydrogen) atoms. The molecule has 4 rings (SSSR count). The first-order chi connectivity index (χ1) is 13.2. The highest BCUT2D eigenvalue weighted by molar-refractivity contribution is 5.76. The number of benzene rings is 1. The summed E-state index contributed by atoms with van der Waals surface area (Å²) < 4.78 is 6.42. The Kier molecular flexibility index (Phi) is 3.92. The first kappa shape index (κ1) is 18.0. The number of imidazole rings is 2. The van der Waals surface area contributed by atoms with E-state index in [9.17, 15) is 9.59 Å². The van der Waals surface area contributed by atoms with Crippen molar-refractivity contribution >= 4 is 16.9 Å². The minimum atomic E-state index is -0.393. The van der Waals surface area contributed by atoms with Crippen molar-refractivity contribution in [2.75, 3.05) is 0 Å². The first-order valence-corrected chi connectivity index (χ1v) is 9.12. The van der Waals surface area contributed by atoms with Crippen LogP contribution < -0.4 is 11.2 Å². The van der Waals surface area contributed by atoms with Crippen LogP contribution in [-0.2, 0) is 13.6 Å². The van der Waals surface area contributed by atoms with E-state index in [0.717, 1.165) is 28.1 Å². The molecule has 0 N–H and O–H groups in total. The summed E-state index contributed by atoms with van der Waals surface area (Å²) in [5, 5.41) is 0. The molecule has 0 spiro atoms. The third-order valence-electron chi connectivity index (χ3n) is 4.92. The van der Waals surface area contributed by atoms with Crippen molar-refractivity contribution in [3.8, 4) is 5.69 Å². The summed E-state index contributed by atoms with van der Waals surface area (Å²) in [4.78, 5) is 30.5. The summed E-state index contributed by atoms with van der Waals surface area (Å²) in [7, 11) is 1.64. The lowest BCUT2D eigenvalue weighted by Crippen LogP contribution is -2.39. The van der Waals surface area contributed by atoms with Gasteiger partial charge in [-0.05, 0) is 51.0 Å². The first-order valence-electron chi connectivity index (χ1n) is 9.12.